The molecule has 0 bridgehead atoms. The van der Waals surface area contributed by atoms with E-state index in [1.165, 1.54) is 10.2 Å². The van der Waals surface area contributed by atoms with Gasteiger partial charge < -0.3 is 0 Å². The maximum Gasteiger partial charge on any atom is 0.329 e. The van der Waals surface area contributed by atoms with E-state index >= 15 is 0 Å². The Morgan fingerprint density at radius 2 is 2.00 bits per heavy atom. The van der Waals surface area contributed by atoms with Crippen molar-refractivity contribution in [1.82, 2.24) is 9.78 Å². The largest absolute Gasteiger partial charge is 0.329 e. The van der Waals surface area contributed by atoms with Crippen molar-refractivity contribution in [3.63, 3.8) is 0 Å². The molecule has 0 unspecified atom stereocenters. The van der Waals surface area contributed by atoms with Crippen LogP contribution in [0.1, 0.15) is 37.4 Å². The SMILES string of the molecule is CC(C)c1nn(CCCc2ccccc2)c(Cl)c1[N+](=O)[O-]. The maximum atomic E-state index is 11.1. The van der Waals surface area contributed by atoms with E-state index in [0.717, 1.165) is 12.8 Å². The zero-order valence-electron chi connectivity index (χ0n) is 12.1. The summed E-state index contributed by atoms with van der Waals surface area (Å²) >= 11 is 6.11. The highest BCUT2D eigenvalue weighted by molar-refractivity contribution is 6.31. The van der Waals surface area contributed by atoms with E-state index in [1.54, 1.807) is 0 Å². The van der Waals surface area contributed by atoms with E-state index in [1.807, 2.05) is 32.0 Å². The maximum absolute atomic E-state index is 11.1. The first-order valence-electron chi connectivity index (χ1n) is 6.95. The first-order chi connectivity index (χ1) is 10.0. The van der Waals surface area contributed by atoms with E-state index in [0.29, 0.717) is 12.2 Å². The van der Waals surface area contributed by atoms with Gasteiger partial charge in [-0.15, -0.1) is 0 Å². The van der Waals surface area contributed by atoms with Crippen molar-refractivity contribution in [2.75, 3.05) is 0 Å². The van der Waals surface area contributed by atoms with E-state index < -0.39 is 4.92 Å². The second-order valence-corrected chi connectivity index (χ2v) is 5.61. The smallest absolute Gasteiger partial charge is 0.258 e. The number of rotatable bonds is 6. The molecule has 0 aliphatic heterocycles. The van der Waals surface area contributed by atoms with Crippen LogP contribution in [0.5, 0.6) is 0 Å². The summed E-state index contributed by atoms with van der Waals surface area (Å²) in [6.45, 7) is 4.32. The van der Waals surface area contributed by atoms with Crippen LogP contribution in [0.3, 0.4) is 0 Å². The van der Waals surface area contributed by atoms with Crippen molar-refractivity contribution in [3.05, 3.63) is 56.9 Å². The fraction of sp³-hybridized carbons (Fsp3) is 0.400. The Labute approximate surface area is 128 Å². The molecule has 0 radical (unpaired) electrons. The Balaban J connectivity index is 2.10. The Morgan fingerprint density at radius 3 is 2.52 bits per heavy atom. The summed E-state index contributed by atoms with van der Waals surface area (Å²) in [7, 11) is 0. The van der Waals surface area contributed by atoms with Crippen molar-refractivity contribution in [1.29, 1.82) is 0 Å². The molecule has 21 heavy (non-hydrogen) atoms. The van der Waals surface area contributed by atoms with Crippen LogP contribution in [-0.2, 0) is 13.0 Å². The second-order valence-electron chi connectivity index (χ2n) is 5.25. The molecule has 112 valence electrons. The van der Waals surface area contributed by atoms with Crippen LogP contribution >= 0.6 is 11.6 Å². The van der Waals surface area contributed by atoms with E-state index in [4.69, 9.17) is 11.6 Å². The number of aryl methyl sites for hydroxylation is 2. The minimum Gasteiger partial charge on any atom is -0.258 e. The lowest BCUT2D eigenvalue weighted by atomic mass is 10.1. The molecule has 0 fully saturated rings. The number of nitrogens with zero attached hydrogens (tertiary/aromatic N) is 3. The van der Waals surface area contributed by atoms with Gasteiger partial charge in [0.2, 0.25) is 5.15 Å². The first-order valence-corrected chi connectivity index (χ1v) is 7.33. The summed E-state index contributed by atoms with van der Waals surface area (Å²) in [6.07, 6.45) is 1.72. The summed E-state index contributed by atoms with van der Waals surface area (Å²) in [5.74, 6) is -0.0294. The summed E-state index contributed by atoms with van der Waals surface area (Å²) in [5, 5.41) is 15.6. The fourth-order valence-electron chi connectivity index (χ4n) is 2.23. The van der Waals surface area contributed by atoms with Crippen LogP contribution in [0, 0.1) is 10.1 Å². The minimum atomic E-state index is -0.446. The summed E-state index contributed by atoms with van der Waals surface area (Å²) in [6, 6.07) is 10.1. The van der Waals surface area contributed by atoms with E-state index in [2.05, 4.69) is 17.2 Å². The Bertz CT molecular complexity index is 623. The third-order valence-electron chi connectivity index (χ3n) is 3.30. The van der Waals surface area contributed by atoms with Gasteiger partial charge in [-0.05, 0) is 18.4 Å². The van der Waals surface area contributed by atoms with Crippen molar-refractivity contribution in [3.8, 4) is 0 Å². The molecule has 0 saturated heterocycles. The van der Waals surface area contributed by atoms with E-state index in [9.17, 15) is 10.1 Å². The van der Waals surface area contributed by atoms with Gasteiger partial charge in [-0.25, -0.2) is 4.68 Å². The molecule has 1 aromatic carbocycles. The van der Waals surface area contributed by atoms with Gasteiger partial charge in [0.15, 0.2) is 0 Å². The highest BCUT2D eigenvalue weighted by Crippen LogP contribution is 2.33. The number of benzene rings is 1. The summed E-state index contributed by atoms with van der Waals surface area (Å²) in [5.41, 5.74) is 1.62. The molecule has 6 heteroatoms. The van der Waals surface area contributed by atoms with E-state index in [-0.39, 0.29) is 16.8 Å². The second kappa shape index (κ2) is 6.72. The average molecular weight is 308 g/mol. The van der Waals surface area contributed by atoms with Crippen LogP contribution in [0.4, 0.5) is 5.69 Å². The molecule has 0 aliphatic rings. The molecule has 5 nitrogen and oxygen atoms in total. The molecular weight excluding hydrogens is 290 g/mol. The Hall–Kier alpha value is -1.88. The highest BCUT2D eigenvalue weighted by Gasteiger charge is 2.28. The zero-order chi connectivity index (χ0) is 15.4. The average Bonchev–Trinajstić information content (AvgIpc) is 2.78. The topological polar surface area (TPSA) is 61.0 Å². The number of aromatic nitrogens is 2. The van der Waals surface area contributed by atoms with Crippen LogP contribution in [0.15, 0.2) is 30.3 Å². The van der Waals surface area contributed by atoms with Gasteiger partial charge in [0.05, 0.1) is 4.92 Å². The number of hydrogen-bond donors (Lipinski definition) is 0. The molecule has 0 aliphatic carbocycles. The molecule has 0 N–H and O–H groups in total. The molecule has 0 spiro atoms. The quantitative estimate of drug-likeness (QED) is 0.593. The van der Waals surface area contributed by atoms with Crippen molar-refractivity contribution in [2.45, 2.75) is 39.2 Å². The predicted molar refractivity (Wildman–Crippen MR) is 82.7 cm³/mol. The lowest BCUT2D eigenvalue weighted by Crippen LogP contribution is -2.03. The summed E-state index contributed by atoms with van der Waals surface area (Å²) < 4.78 is 1.54. The molecule has 1 heterocycles. The van der Waals surface area contributed by atoms with Gasteiger partial charge in [0.25, 0.3) is 0 Å². The summed E-state index contributed by atoms with van der Waals surface area (Å²) in [4.78, 5) is 10.7. The lowest BCUT2D eigenvalue weighted by molar-refractivity contribution is -0.385. The molecule has 0 atom stereocenters. The van der Waals surface area contributed by atoms with Crippen molar-refractivity contribution < 1.29 is 4.92 Å². The van der Waals surface area contributed by atoms with Gasteiger partial charge in [0, 0.05) is 12.5 Å². The zero-order valence-corrected chi connectivity index (χ0v) is 12.9. The van der Waals surface area contributed by atoms with Gasteiger partial charge in [-0.1, -0.05) is 55.8 Å². The third kappa shape index (κ3) is 3.61. The van der Waals surface area contributed by atoms with Crippen LogP contribution in [0.2, 0.25) is 5.15 Å². The van der Waals surface area contributed by atoms with Crippen LogP contribution in [0.25, 0.3) is 0 Å². The number of nitro groups is 1. The molecule has 2 aromatic rings. The monoisotopic (exact) mass is 307 g/mol. The minimum absolute atomic E-state index is 0.0294. The van der Waals surface area contributed by atoms with Crippen LogP contribution < -0.4 is 0 Å². The Kier molecular flexibility index (Phi) is 4.96. The fourth-order valence-corrected chi connectivity index (χ4v) is 2.52. The first kappa shape index (κ1) is 15.5. The van der Waals surface area contributed by atoms with Gasteiger partial charge >= 0.3 is 5.69 Å². The molecule has 0 saturated carbocycles. The Morgan fingerprint density at radius 1 is 1.33 bits per heavy atom. The van der Waals surface area contributed by atoms with Crippen molar-refractivity contribution in [2.24, 2.45) is 0 Å². The van der Waals surface area contributed by atoms with Gasteiger partial charge in [-0.3, -0.25) is 10.1 Å². The number of halogens is 1. The predicted octanol–water partition coefficient (Wildman–Crippen LogP) is 4.20. The number of hydrogen-bond acceptors (Lipinski definition) is 3. The van der Waals surface area contributed by atoms with Gasteiger partial charge in [0.1, 0.15) is 5.69 Å². The molecule has 2 rings (SSSR count). The van der Waals surface area contributed by atoms with Crippen LogP contribution in [-0.4, -0.2) is 14.7 Å². The standard InChI is InChI=1S/C15H18ClN3O2/c1-11(2)13-14(19(20)21)15(16)18(17-13)10-6-9-12-7-4-3-5-8-12/h3-5,7-8,11H,6,9-10H2,1-2H3. The third-order valence-corrected chi connectivity index (χ3v) is 3.67. The lowest BCUT2D eigenvalue weighted by Gasteiger charge is -2.03. The highest BCUT2D eigenvalue weighted by atomic mass is 35.5. The van der Waals surface area contributed by atoms with Gasteiger partial charge in [-0.2, -0.15) is 5.10 Å². The normalized spacial score (nSPS) is 11.0. The molecular formula is C15H18ClN3O2. The molecule has 0 amide bonds. The molecule has 1 aromatic heterocycles. The van der Waals surface area contributed by atoms with Crippen molar-refractivity contribution >= 4 is 17.3 Å².